The first-order chi connectivity index (χ1) is 15.4. The smallest absolute Gasteiger partial charge is 0.270 e. The second kappa shape index (κ2) is 10.7. The van der Waals surface area contributed by atoms with E-state index in [0.29, 0.717) is 35.0 Å². The Morgan fingerprint density at radius 1 is 1.06 bits per heavy atom. The fourth-order valence-electron chi connectivity index (χ4n) is 2.97. The minimum Gasteiger partial charge on any atom is -0.493 e. The van der Waals surface area contributed by atoms with Crippen LogP contribution < -0.4 is 20.3 Å². The molecule has 2 N–H and O–H groups in total. The lowest BCUT2D eigenvalue weighted by molar-refractivity contribution is 0.0845. The Kier molecular flexibility index (Phi) is 7.77. The molecule has 0 aliphatic heterocycles. The number of ether oxygens (including phenoxy) is 2. The highest BCUT2D eigenvalue weighted by Gasteiger charge is 2.16. The number of hydrogen-bond donors (Lipinski definition) is 2. The average molecular weight is 456 g/mol. The first-order valence-corrected chi connectivity index (χ1v) is 11.0. The van der Waals surface area contributed by atoms with Crippen molar-refractivity contribution in [2.75, 3.05) is 13.7 Å². The zero-order chi connectivity index (χ0) is 23.1. The standard InChI is InChI=1S/C23H25N3O5S/c1-5-30-19-11-10-16(12-20(19)29-4)22(27)24-25-23(28)17-8-6-7-9-21(17)32-13-18-14(2)26-31-15(18)3/h6-12H,5,13H2,1-4H3,(H,24,27)(H,25,28). The molecule has 0 saturated carbocycles. The maximum atomic E-state index is 12.7. The summed E-state index contributed by atoms with van der Waals surface area (Å²) in [7, 11) is 1.50. The molecule has 0 radical (unpaired) electrons. The predicted octanol–water partition coefficient (Wildman–Crippen LogP) is 4.07. The minimum absolute atomic E-state index is 0.326. The molecule has 2 aromatic carbocycles. The number of carbonyl (C=O) groups excluding carboxylic acids is 2. The van der Waals surface area contributed by atoms with Crippen molar-refractivity contribution < 1.29 is 23.6 Å². The van der Waals surface area contributed by atoms with Crippen LogP contribution in [0.15, 0.2) is 51.9 Å². The Morgan fingerprint density at radius 2 is 1.81 bits per heavy atom. The number of thioether (sulfide) groups is 1. The van der Waals surface area contributed by atoms with Crippen LogP contribution in [0.4, 0.5) is 0 Å². The molecule has 0 atom stereocenters. The van der Waals surface area contributed by atoms with Gasteiger partial charge in [-0.3, -0.25) is 20.4 Å². The summed E-state index contributed by atoms with van der Waals surface area (Å²) in [5, 5.41) is 3.96. The second-order valence-corrected chi connectivity index (χ2v) is 7.81. The molecule has 3 rings (SSSR count). The van der Waals surface area contributed by atoms with Gasteiger partial charge >= 0.3 is 0 Å². The van der Waals surface area contributed by atoms with Crippen molar-refractivity contribution >= 4 is 23.6 Å². The van der Waals surface area contributed by atoms with E-state index in [-0.39, 0.29) is 0 Å². The number of rotatable bonds is 8. The number of nitrogens with zero attached hydrogens (tertiary/aromatic N) is 1. The molecule has 32 heavy (non-hydrogen) atoms. The number of benzene rings is 2. The zero-order valence-corrected chi connectivity index (χ0v) is 19.2. The SMILES string of the molecule is CCOc1ccc(C(=O)NNC(=O)c2ccccc2SCc2c(C)noc2C)cc1OC. The molecule has 3 aromatic rings. The van der Waals surface area contributed by atoms with Gasteiger partial charge in [-0.1, -0.05) is 17.3 Å². The highest BCUT2D eigenvalue weighted by Crippen LogP contribution is 2.29. The van der Waals surface area contributed by atoms with Crippen LogP contribution in [0.1, 0.15) is 44.7 Å². The summed E-state index contributed by atoms with van der Waals surface area (Å²) in [4.78, 5) is 26.0. The lowest BCUT2D eigenvalue weighted by Gasteiger charge is -2.13. The molecular weight excluding hydrogens is 430 g/mol. The molecule has 2 amide bonds. The van der Waals surface area contributed by atoms with Gasteiger partial charge in [0.1, 0.15) is 5.76 Å². The van der Waals surface area contributed by atoms with Crippen LogP contribution in [0.5, 0.6) is 11.5 Å². The van der Waals surface area contributed by atoms with Crippen LogP contribution in [-0.4, -0.2) is 30.7 Å². The van der Waals surface area contributed by atoms with Crippen molar-refractivity contribution in [3.63, 3.8) is 0 Å². The Labute approximate surface area is 190 Å². The Bertz CT molecular complexity index is 1090. The van der Waals surface area contributed by atoms with Crippen LogP contribution >= 0.6 is 11.8 Å². The summed E-state index contributed by atoms with van der Waals surface area (Å²) in [6, 6.07) is 12.0. The van der Waals surface area contributed by atoms with E-state index in [4.69, 9.17) is 14.0 Å². The molecular formula is C23H25N3O5S. The van der Waals surface area contributed by atoms with Gasteiger partial charge in [0.15, 0.2) is 11.5 Å². The summed E-state index contributed by atoms with van der Waals surface area (Å²) in [5.41, 5.74) is 7.53. The van der Waals surface area contributed by atoms with E-state index in [1.54, 1.807) is 30.3 Å². The molecule has 1 aromatic heterocycles. The molecule has 0 fully saturated rings. The molecule has 0 aliphatic carbocycles. The molecule has 0 bridgehead atoms. The maximum Gasteiger partial charge on any atom is 0.270 e. The number of carbonyl (C=O) groups is 2. The fraction of sp³-hybridized carbons (Fsp3) is 0.261. The van der Waals surface area contributed by atoms with E-state index in [0.717, 1.165) is 21.9 Å². The summed E-state index contributed by atoms with van der Waals surface area (Å²) < 4.78 is 15.9. The lowest BCUT2D eigenvalue weighted by Crippen LogP contribution is -2.41. The number of aryl methyl sites for hydroxylation is 2. The van der Waals surface area contributed by atoms with Gasteiger partial charge < -0.3 is 14.0 Å². The Morgan fingerprint density at radius 3 is 2.50 bits per heavy atom. The minimum atomic E-state index is -0.472. The van der Waals surface area contributed by atoms with E-state index >= 15 is 0 Å². The van der Waals surface area contributed by atoms with Gasteiger partial charge in [-0.25, -0.2) is 0 Å². The lowest BCUT2D eigenvalue weighted by atomic mass is 10.2. The first kappa shape index (κ1) is 23.2. The average Bonchev–Trinajstić information content (AvgIpc) is 3.13. The number of hydrazine groups is 1. The molecule has 0 spiro atoms. The quantitative estimate of drug-likeness (QED) is 0.390. The van der Waals surface area contributed by atoms with E-state index < -0.39 is 11.8 Å². The topological polar surface area (TPSA) is 103 Å². The Balaban J connectivity index is 1.66. The number of aromatic nitrogens is 1. The highest BCUT2D eigenvalue weighted by molar-refractivity contribution is 7.98. The van der Waals surface area contributed by atoms with Crippen LogP contribution in [0.25, 0.3) is 0 Å². The third-order valence-corrected chi connectivity index (χ3v) is 5.80. The van der Waals surface area contributed by atoms with Crippen LogP contribution in [0.3, 0.4) is 0 Å². The number of nitrogens with one attached hydrogen (secondary N) is 2. The van der Waals surface area contributed by atoms with Gasteiger partial charge in [-0.15, -0.1) is 11.8 Å². The summed E-state index contributed by atoms with van der Waals surface area (Å²) in [6.45, 7) is 6.09. The number of amides is 2. The maximum absolute atomic E-state index is 12.7. The first-order valence-electron chi connectivity index (χ1n) is 9.99. The highest BCUT2D eigenvalue weighted by atomic mass is 32.2. The van der Waals surface area contributed by atoms with Crippen molar-refractivity contribution in [3.8, 4) is 11.5 Å². The van der Waals surface area contributed by atoms with Gasteiger partial charge in [0.2, 0.25) is 0 Å². The molecule has 0 saturated heterocycles. The van der Waals surface area contributed by atoms with Gasteiger partial charge in [0.05, 0.1) is 25.0 Å². The normalized spacial score (nSPS) is 10.5. The third kappa shape index (κ3) is 5.42. The van der Waals surface area contributed by atoms with Crippen molar-refractivity contribution in [2.24, 2.45) is 0 Å². The summed E-state index contributed by atoms with van der Waals surface area (Å²) in [5.74, 6) is 1.46. The van der Waals surface area contributed by atoms with Gasteiger partial charge in [-0.2, -0.15) is 0 Å². The monoisotopic (exact) mass is 455 g/mol. The largest absolute Gasteiger partial charge is 0.493 e. The summed E-state index contributed by atoms with van der Waals surface area (Å²) in [6.07, 6.45) is 0. The molecule has 0 unspecified atom stereocenters. The van der Waals surface area contributed by atoms with Crippen molar-refractivity contribution in [2.45, 2.75) is 31.4 Å². The van der Waals surface area contributed by atoms with Gasteiger partial charge in [0.25, 0.3) is 11.8 Å². The van der Waals surface area contributed by atoms with Gasteiger partial charge in [-0.05, 0) is 51.1 Å². The zero-order valence-electron chi connectivity index (χ0n) is 18.4. The second-order valence-electron chi connectivity index (χ2n) is 6.79. The molecule has 168 valence electrons. The molecule has 9 heteroatoms. The van der Waals surface area contributed by atoms with Crippen molar-refractivity contribution in [1.29, 1.82) is 0 Å². The molecule has 8 nitrogen and oxygen atoms in total. The van der Waals surface area contributed by atoms with E-state index in [2.05, 4.69) is 16.0 Å². The molecule has 1 heterocycles. The number of methoxy groups -OCH3 is 1. The third-order valence-electron chi connectivity index (χ3n) is 4.70. The van der Waals surface area contributed by atoms with E-state index in [1.807, 2.05) is 32.9 Å². The van der Waals surface area contributed by atoms with E-state index in [1.165, 1.54) is 18.9 Å². The predicted molar refractivity (Wildman–Crippen MR) is 121 cm³/mol. The summed E-state index contributed by atoms with van der Waals surface area (Å²) >= 11 is 1.50. The molecule has 0 aliphatic rings. The fourth-order valence-corrected chi connectivity index (χ4v) is 4.18. The van der Waals surface area contributed by atoms with Crippen molar-refractivity contribution in [1.82, 2.24) is 16.0 Å². The number of hydrogen-bond acceptors (Lipinski definition) is 7. The van der Waals surface area contributed by atoms with Crippen LogP contribution in [0, 0.1) is 13.8 Å². The van der Waals surface area contributed by atoms with Crippen molar-refractivity contribution in [3.05, 3.63) is 70.6 Å². The van der Waals surface area contributed by atoms with E-state index in [9.17, 15) is 9.59 Å². The van der Waals surface area contributed by atoms with Crippen LogP contribution in [-0.2, 0) is 5.75 Å². The van der Waals surface area contributed by atoms with Crippen LogP contribution in [0.2, 0.25) is 0 Å². The van der Waals surface area contributed by atoms with Gasteiger partial charge in [0, 0.05) is 21.8 Å². The Hall–Kier alpha value is -3.46.